The van der Waals surface area contributed by atoms with Crippen LogP contribution in [0, 0.1) is 5.92 Å². The molecule has 0 aliphatic carbocycles. The second-order valence-corrected chi connectivity index (χ2v) is 7.23. The number of hydrogen-bond acceptors (Lipinski definition) is 4. The third-order valence-electron chi connectivity index (χ3n) is 6.14. The van der Waals surface area contributed by atoms with Crippen LogP contribution < -0.4 is 5.73 Å². The van der Waals surface area contributed by atoms with E-state index in [0.717, 1.165) is 12.5 Å². The Kier molecular flexibility index (Phi) is 4.37. The quantitative estimate of drug-likeness (QED) is 0.830. The number of fused-ring (bicyclic) bond motifs is 3. The fourth-order valence-corrected chi connectivity index (χ4v) is 5.00. The molecule has 2 N–H and O–H groups in total. The number of piperidine rings is 3. The maximum Gasteiger partial charge on any atom is 0.0490 e. The van der Waals surface area contributed by atoms with Gasteiger partial charge in [-0.05, 0) is 58.3 Å². The van der Waals surface area contributed by atoms with E-state index in [4.69, 9.17) is 5.73 Å². The molecule has 0 aromatic rings. The molecule has 4 nitrogen and oxygen atoms in total. The van der Waals surface area contributed by atoms with E-state index >= 15 is 0 Å². The summed E-state index contributed by atoms with van der Waals surface area (Å²) in [5.74, 6) is 0.829. The third-order valence-corrected chi connectivity index (χ3v) is 6.14. The molecule has 4 saturated heterocycles. The van der Waals surface area contributed by atoms with Gasteiger partial charge >= 0.3 is 0 Å². The van der Waals surface area contributed by atoms with Crippen LogP contribution in [0.1, 0.15) is 32.6 Å². The molecule has 20 heavy (non-hydrogen) atoms. The monoisotopic (exact) mass is 280 g/mol. The van der Waals surface area contributed by atoms with E-state index in [9.17, 15) is 0 Å². The van der Waals surface area contributed by atoms with Crippen LogP contribution in [0.5, 0.6) is 0 Å². The van der Waals surface area contributed by atoms with Crippen LogP contribution in [0.25, 0.3) is 0 Å². The summed E-state index contributed by atoms with van der Waals surface area (Å²) in [6.07, 6.45) is 5.26. The SMILES string of the molecule is CCC1CN(C)CCCN1C1(CN)CN2CCC1CC2. The second kappa shape index (κ2) is 5.91. The summed E-state index contributed by atoms with van der Waals surface area (Å²) >= 11 is 0. The molecule has 4 rings (SSSR count). The summed E-state index contributed by atoms with van der Waals surface area (Å²) in [5, 5.41) is 0. The maximum absolute atomic E-state index is 6.38. The Bertz CT molecular complexity index is 326. The molecular formula is C16H32N4. The normalized spacial score (nSPS) is 43.6. The lowest BCUT2D eigenvalue weighted by atomic mass is 9.71. The summed E-state index contributed by atoms with van der Waals surface area (Å²) in [6, 6.07) is 0.687. The van der Waals surface area contributed by atoms with Crippen LogP contribution in [0.4, 0.5) is 0 Å². The Balaban J connectivity index is 1.86. The first-order valence-corrected chi connectivity index (χ1v) is 8.57. The summed E-state index contributed by atoms with van der Waals surface area (Å²) in [6.45, 7) is 10.7. The van der Waals surface area contributed by atoms with Crippen LogP contribution in [-0.2, 0) is 0 Å². The Morgan fingerprint density at radius 1 is 1.15 bits per heavy atom. The molecule has 4 fully saturated rings. The van der Waals surface area contributed by atoms with Crippen molar-refractivity contribution in [1.29, 1.82) is 0 Å². The predicted octanol–water partition coefficient (Wildman–Crippen LogP) is 0.826. The highest BCUT2D eigenvalue weighted by atomic mass is 15.3. The number of hydrogen-bond donors (Lipinski definition) is 1. The van der Waals surface area contributed by atoms with Crippen LogP contribution >= 0.6 is 0 Å². The van der Waals surface area contributed by atoms with Gasteiger partial charge in [0.25, 0.3) is 0 Å². The molecule has 116 valence electrons. The topological polar surface area (TPSA) is 35.7 Å². The second-order valence-electron chi connectivity index (χ2n) is 7.23. The van der Waals surface area contributed by atoms with E-state index in [-0.39, 0.29) is 5.54 Å². The molecule has 0 amide bonds. The Labute approximate surface area is 124 Å². The van der Waals surface area contributed by atoms with Gasteiger partial charge in [-0.2, -0.15) is 0 Å². The van der Waals surface area contributed by atoms with Gasteiger partial charge in [0.05, 0.1) is 0 Å². The molecule has 0 aromatic carbocycles. The summed E-state index contributed by atoms with van der Waals surface area (Å²) < 4.78 is 0. The van der Waals surface area contributed by atoms with Gasteiger partial charge < -0.3 is 15.5 Å². The molecule has 0 radical (unpaired) electrons. The average Bonchev–Trinajstić information content (AvgIpc) is 2.69. The van der Waals surface area contributed by atoms with Crippen molar-refractivity contribution in [3.8, 4) is 0 Å². The van der Waals surface area contributed by atoms with E-state index in [1.165, 1.54) is 65.0 Å². The average molecular weight is 280 g/mol. The molecule has 4 aliphatic heterocycles. The van der Waals surface area contributed by atoms with Crippen LogP contribution in [0.3, 0.4) is 0 Å². The molecule has 4 heteroatoms. The number of likely N-dealkylation sites (N-methyl/N-ethyl adjacent to an activating group) is 1. The first kappa shape index (κ1) is 14.8. The molecule has 4 heterocycles. The van der Waals surface area contributed by atoms with Crippen molar-refractivity contribution < 1.29 is 0 Å². The number of nitrogens with zero attached hydrogens (tertiary/aromatic N) is 3. The third kappa shape index (κ3) is 2.41. The molecule has 2 bridgehead atoms. The first-order chi connectivity index (χ1) is 9.69. The maximum atomic E-state index is 6.38. The van der Waals surface area contributed by atoms with E-state index in [1.807, 2.05) is 0 Å². The number of rotatable bonds is 3. The highest BCUT2D eigenvalue weighted by molar-refractivity contribution is 5.08. The van der Waals surface area contributed by atoms with Gasteiger partial charge in [-0.1, -0.05) is 6.92 Å². The lowest BCUT2D eigenvalue weighted by molar-refractivity contribution is -0.0845. The van der Waals surface area contributed by atoms with Crippen molar-refractivity contribution in [3.05, 3.63) is 0 Å². The largest absolute Gasteiger partial charge is 0.329 e. The van der Waals surface area contributed by atoms with Crippen molar-refractivity contribution in [2.45, 2.75) is 44.2 Å². The standard InChI is InChI=1S/C16H32N4/c1-3-15-11-18(2)7-4-8-20(15)16(12-17)13-19-9-5-14(16)6-10-19/h14-15H,3-13,17H2,1-2H3. The summed E-state index contributed by atoms with van der Waals surface area (Å²) in [7, 11) is 2.28. The Morgan fingerprint density at radius 3 is 2.45 bits per heavy atom. The van der Waals surface area contributed by atoms with E-state index in [2.05, 4.69) is 28.7 Å². The van der Waals surface area contributed by atoms with Gasteiger partial charge in [0.15, 0.2) is 0 Å². The van der Waals surface area contributed by atoms with E-state index < -0.39 is 0 Å². The number of nitrogens with two attached hydrogens (primary N) is 1. The van der Waals surface area contributed by atoms with Gasteiger partial charge in [0.1, 0.15) is 0 Å². The predicted molar refractivity (Wildman–Crippen MR) is 83.8 cm³/mol. The minimum atomic E-state index is 0.266. The molecule has 4 aliphatic rings. The highest BCUT2D eigenvalue weighted by Crippen LogP contribution is 2.41. The van der Waals surface area contributed by atoms with Crippen molar-refractivity contribution >= 4 is 0 Å². The molecule has 2 unspecified atom stereocenters. The van der Waals surface area contributed by atoms with Crippen molar-refractivity contribution in [3.63, 3.8) is 0 Å². The van der Waals surface area contributed by atoms with Gasteiger partial charge in [-0.25, -0.2) is 0 Å². The molecule has 0 aromatic heterocycles. The summed E-state index contributed by atoms with van der Waals surface area (Å²) in [4.78, 5) is 8.01. The highest BCUT2D eigenvalue weighted by Gasteiger charge is 2.51. The van der Waals surface area contributed by atoms with Crippen LogP contribution in [0.15, 0.2) is 0 Å². The zero-order valence-electron chi connectivity index (χ0n) is 13.4. The fourth-order valence-electron chi connectivity index (χ4n) is 5.00. The molecular weight excluding hydrogens is 248 g/mol. The van der Waals surface area contributed by atoms with Crippen LogP contribution in [-0.4, -0.2) is 79.1 Å². The van der Waals surface area contributed by atoms with Gasteiger partial charge in [0.2, 0.25) is 0 Å². The molecule has 0 saturated carbocycles. The van der Waals surface area contributed by atoms with Gasteiger partial charge in [0, 0.05) is 37.8 Å². The Hall–Kier alpha value is -0.160. The Morgan fingerprint density at radius 2 is 1.90 bits per heavy atom. The lowest BCUT2D eigenvalue weighted by Gasteiger charge is -2.59. The molecule has 2 atom stereocenters. The zero-order chi connectivity index (χ0) is 14.2. The van der Waals surface area contributed by atoms with E-state index in [1.54, 1.807) is 0 Å². The summed E-state index contributed by atoms with van der Waals surface area (Å²) in [5.41, 5.74) is 6.64. The minimum Gasteiger partial charge on any atom is -0.329 e. The first-order valence-electron chi connectivity index (χ1n) is 8.57. The van der Waals surface area contributed by atoms with Gasteiger partial charge in [-0.15, -0.1) is 0 Å². The lowest BCUT2D eigenvalue weighted by Crippen LogP contribution is -2.72. The van der Waals surface area contributed by atoms with Gasteiger partial charge in [-0.3, -0.25) is 4.90 Å². The smallest absolute Gasteiger partial charge is 0.0490 e. The fraction of sp³-hybridized carbons (Fsp3) is 1.00. The zero-order valence-corrected chi connectivity index (χ0v) is 13.4. The van der Waals surface area contributed by atoms with Crippen molar-refractivity contribution in [2.75, 3.05) is 52.9 Å². The van der Waals surface area contributed by atoms with E-state index in [0.29, 0.717) is 6.04 Å². The minimum absolute atomic E-state index is 0.266. The van der Waals surface area contributed by atoms with Crippen LogP contribution in [0.2, 0.25) is 0 Å². The van der Waals surface area contributed by atoms with Crippen molar-refractivity contribution in [1.82, 2.24) is 14.7 Å². The molecule has 0 spiro atoms. The van der Waals surface area contributed by atoms with Crippen molar-refractivity contribution in [2.24, 2.45) is 11.7 Å².